The van der Waals surface area contributed by atoms with Gasteiger partial charge in [-0.1, -0.05) is 146 Å². The molecule has 6 aromatic rings. The Bertz CT molecular complexity index is 2000. The second-order valence-electron chi connectivity index (χ2n) is 11.3. The Balaban J connectivity index is 1.20. The number of fused-ring (bicyclic) bond motifs is 3. The monoisotopic (exact) mass is 570 g/mol. The molecule has 1 aliphatic rings. The fraction of sp³-hybridized carbons (Fsp3) is 0.0976. The zero-order chi connectivity index (χ0) is 29.9. The Hall–Kier alpha value is -5.41. The number of rotatable bonds is 7. The lowest BCUT2D eigenvalue weighted by Crippen LogP contribution is -2.13. The van der Waals surface area contributed by atoms with Crippen LogP contribution >= 0.6 is 0 Å². The number of hydrogen-bond donors (Lipinski definition) is 1. The van der Waals surface area contributed by atoms with Gasteiger partial charge in [0.1, 0.15) is 17.2 Å². The fourth-order valence-corrected chi connectivity index (χ4v) is 6.03. The third-order valence-electron chi connectivity index (χ3n) is 8.44. The summed E-state index contributed by atoms with van der Waals surface area (Å²) in [6.45, 7) is 2.21. The highest BCUT2D eigenvalue weighted by atomic mass is 16.3. The molecule has 0 fully saturated rings. The van der Waals surface area contributed by atoms with Crippen LogP contribution < -0.4 is 5.73 Å². The molecule has 0 radical (unpaired) electrons. The van der Waals surface area contributed by atoms with Crippen LogP contribution in [0.3, 0.4) is 0 Å². The van der Waals surface area contributed by atoms with E-state index < -0.39 is 0 Å². The maximum Gasteiger partial charge on any atom is 0.138 e. The molecule has 3 heteroatoms. The fourth-order valence-electron chi connectivity index (χ4n) is 6.03. The number of benzene rings is 5. The van der Waals surface area contributed by atoms with Crippen molar-refractivity contribution in [1.82, 2.24) is 0 Å². The number of aliphatic imine (C=N–C) groups is 1. The summed E-state index contributed by atoms with van der Waals surface area (Å²) in [6, 6.07) is 46.1. The van der Waals surface area contributed by atoms with Crippen LogP contribution in [-0.2, 0) is 6.42 Å². The van der Waals surface area contributed by atoms with E-state index in [1.165, 1.54) is 38.8 Å². The SMILES string of the molecule is CC(C=C(N=C(N)c1ccccc1)c1ccc(-c2ccccc2)cc1)c1ccc(C2=CCCc3c2oc2ccccc32)cc1. The lowest BCUT2D eigenvalue weighted by Gasteiger charge is -2.15. The van der Waals surface area contributed by atoms with Gasteiger partial charge in [-0.25, -0.2) is 4.99 Å². The second kappa shape index (κ2) is 12.1. The van der Waals surface area contributed by atoms with Crippen molar-refractivity contribution < 1.29 is 4.42 Å². The quantitative estimate of drug-likeness (QED) is 0.153. The minimum absolute atomic E-state index is 0.113. The summed E-state index contributed by atoms with van der Waals surface area (Å²) in [6.07, 6.45) is 6.54. The normalized spacial score (nSPS) is 14.2. The molecular formula is C41H34N2O. The lowest BCUT2D eigenvalue weighted by molar-refractivity contribution is 0.591. The predicted octanol–water partition coefficient (Wildman–Crippen LogP) is 10.0. The van der Waals surface area contributed by atoms with Crippen molar-refractivity contribution in [2.24, 2.45) is 10.7 Å². The first-order valence-corrected chi connectivity index (χ1v) is 15.2. The second-order valence-corrected chi connectivity index (χ2v) is 11.3. The van der Waals surface area contributed by atoms with E-state index in [-0.39, 0.29) is 5.92 Å². The van der Waals surface area contributed by atoms with Crippen molar-refractivity contribution in [3.63, 3.8) is 0 Å². The summed E-state index contributed by atoms with van der Waals surface area (Å²) in [5, 5.41) is 1.23. The van der Waals surface area contributed by atoms with Gasteiger partial charge < -0.3 is 10.2 Å². The number of para-hydroxylation sites is 1. The standard InChI is InChI=1S/C41H34N2O/c1-28(29-19-23-32(24-20-29)35-16-10-17-37-36-15-8-9-18-39(36)44-40(35)37)27-38(43-41(42)34-13-6-3-7-14-34)33-25-21-31(22-26-33)30-11-4-2-5-12-30/h2-9,11-16,18-28H,10,17H2,1H3,(H2,42,43). The molecule has 0 aliphatic heterocycles. The summed E-state index contributed by atoms with van der Waals surface area (Å²) >= 11 is 0. The van der Waals surface area contributed by atoms with Crippen LogP contribution in [0.25, 0.3) is 33.4 Å². The van der Waals surface area contributed by atoms with Gasteiger partial charge in [0.2, 0.25) is 0 Å². The van der Waals surface area contributed by atoms with Crippen molar-refractivity contribution in [2.75, 3.05) is 0 Å². The molecule has 1 atom stereocenters. The molecule has 5 aromatic carbocycles. The summed E-state index contributed by atoms with van der Waals surface area (Å²) in [4.78, 5) is 4.96. The van der Waals surface area contributed by atoms with Gasteiger partial charge in [0, 0.05) is 28.0 Å². The highest BCUT2D eigenvalue weighted by Gasteiger charge is 2.21. The van der Waals surface area contributed by atoms with Crippen LogP contribution in [0.4, 0.5) is 0 Å². The molecular weight excluding hydrogens is 536 g/mol. The minimum Gasteiger partial charge on any atom is -0.456 e. The van der Waals surface area contributed by atoms with E-state index in [9.17, 15) is 0 Å². The topological polar surface area (TPSA) is 51.5 Å². The van der Waals surface area contributed by atoms with Crippen LogP contribution in [-0.4, -0.2) is 5.84 Å². The first-order valence-electron chi connectivity index (χ1n) is 15.2. The Kier molecular flexibility index (Phi) is 7.52. The van der Waals surface area contributed by atoms with Crippen molar-refractivity contribution in [2.45, 2.75) is 25.7 Å². The third kappa shape index (κ3) is 5.52. The van der Waals surface area contributed by atoms with Gasteiger partial charge in [0.15, 0.2) is 0 Å². The first kappa shape index (κ1) is 27.4. The van der Waals surface area contributed by atoms with Crippen LogP contribution in [0.15, 0.2) is 155 Å². The van der Waals surface area contributed by atoms with E-state index >= 15 is 0 Å². The zero-order valence-electron chi connectivity index (χ0n) is 24.8. The summed E-state index contributed by atoms with van der Waals surface area (Å²) in [7, 11) is 0. The van der Waals surface area contributed by atoms with E-state index in [0.29, 0.717) is 5.84 Å². The third-order valence-corrected chi connectivity index (χ3v) is 8.44. The molecule has 0 bridgehead atoms. The van der Waals surface area contributed by atoms with Crippen LogP contribution in [0.2, 0.25) is 0 Å². The maximum absolute atomic E-state index is 6.53. The Labute approximate surface area is 258 Å². The number of nitrogens with two attached hydrogens (primary N) is 1. The first-order chi connectivity index (χ1) is 21.6. The molecule has 3 nitrogen and oxygen atoms in total. The molecule has 0 saturated carbocycles. The number of hydrogen-bond acceptors (Lipinski definition) is 2. The van der Waals surface area contributed by atoms with Crippen molar-refractivity contribution in [3.05, 3.63) is 179 Å². The average molecular weight is 571 g/mol. The maximum atomic E-state index is 6.53. The van der Waals surface area contributed by atoms with Crippen LogP contribution in [0.1, 0.15) is 52.8 Å². The molecule has 2 N–H and O–H groups in total. The molecule has 1 aromatic heterocycles. The average Bonchev–Trinajstić information content (AvgIpc) is 3.48. The molecule has 44 heavy (non-hydrogen) atoms. The summed E-state index contributed by atoms with van der Waals surface area (Å²) in [5.74, 6) is 1.62. The molecule has 214 valence electrons. The number of aryl methyl sites for hydroxylation is 1. The largest absolute Gasteiger partial charge is 0.456 e. The zero-order valence-corrected chi connectivity index (χ0v) is 24.8. The van der Waals surface area contributed by atoms with Crippen molar-refractivity contribution in [3.8, 4) is 11.1 Å². The highest BCUT2D eigenvalue weighted by molar-refractivity contribution is 6.00. The summed E-state index contributed by atoms with van der Waals surface area (Å²) in [5.41, 5.74) is 17.5. The molecule has 0 spiro atoms. The molecule has 7 rings (SSSR count). The predicted molar refractivity (Wildman–Crippen MR) is 183 cm³/mol. The van der Waals surface area contributed by atoms with E-state index in [2.05, 4.69) is 110 Å². The lowest BCUT2D eigenvalue weighted by atomic mass is 9.90. The van der Waals surface area contributed by atoms with E-state index in [1.807, 2.05) is 42.5 Å². The van der Waals surface area contributed by atoms with Gasteiger partial charge >= 0.3 is 0 Å². The van der Waals surface area contributed by atoms with E-state index in [4.69, 9.17) is 15.1 Å². The Morgan fingerprint density at radius 3 is 2.09 bits per heavy atom. The number of furan rings is 1. The van der Waals surface area contributed by atoms with Gasteiger partial charge in [-0.2, -0.15) is 0 Å². The molecule has 1 unspecified atom stereocenters. The van der Waals surface area contributed by atoms with Crippen molar-refractivity contribution in [1.29, 1.82) is 0 Å². The number of nitrogens with zero attached hydrogens (tertiary/aromatic N) is 1. The molecule has 0 amide bonds. The molecule has 1 aliphatic carbocycles. The number of allylic oxidation sites excluding steroid dienone is 2. The summed E-state index contributed by atoms with van der Waals surface area (Å²) < 4.78 is 6.34. The number of amidine groups is 1. The van der Waals surface area contributed by atoms with Crippen LogP contribution in [0, 0.1) is 0 Å². The smallest absolute Gasteiger partial charge is 0.138 e. The van der Waals surface area contributed by atoms with Gasteiger partial charge in [-0.3, -0.25) is 0 Å². The Morgan fingerprint density at radius 1 is 0.705 bits per heavy atom. The van der Waals surface area contributed by atoms with Gasteiger partial charge in [0.25, 0.3) is 0 Å². The molecule has 1 heterocycles. The minimum atomic E-state index is 0.113. The van der Waals surface area contributed by atoms with E-state index in [0.717, 1.165) is 41.0 Å². The van der Waals surface area contributed by atoms with Gasteiger partial charge in [-0.05, 0) is 46.7 Å². The molecule has 0 saturated heterocycles. The highest BCUT2D eigenvalue weighted by Crippen LogP contribution is 2.38. The van der Waals surface area contributed by atoms with E-state index in [1.54, 1.807) is 0 Å². The van der Waals surface area contributed by atoms with Gasteiger partial charge in [0.05, 0.1) is 5.70 Å². The van der Waals surface area contributed by atoms with Crippen LogP contribution in [0.5, 0.6) is 0 Å². The van der Waals surface area contributed by atoms with Gasteiger partial charge in [-0.15, -0.1) is 0 Å². The van der Waals surface area contributed by atoms with Crippen molar-refractivity contribution >= 4 is 28.1 Å². The Morgan fingerprint density at radius 2 is 1.34 bits per heavy atom.